The Morgan fingerprint density at radius 1 is 1.14 bits per heavy atom. The maximum absolute atomic E-state index is 5.67. The number of furan rings is 1. The molecule has 1 unspecified atom stereocenters. The van der Waals surface area contributed by atoms with Crippen LogP contribution in [0.3, 0.4) is 0 Å². The average molecular weight is 285 g/mol. The highest BCUT2D eigenvalue weighted by molar-refractivity contribution is 5.26. The van der Waals surface area contributed by atoms with Gasteiger partial charge in [0.1, 0.15) is 5.76 Å². The van der Waals surface area contributed by atoms with Crippen LogP contribution in [0.5, 0.6) is 0 Å². The van der Waals surface area contributed by atoms with Crippen LogP contribution in [0.2, 0.25) is 0 Å². The number of ether oxygens (including phenoxy) is 1. The Morgan fingerprint density at radius 3 is 2.71 bits per heavy atom. The molecule has 1 N–H and O–H groups in total. The predicted molar refractivity (Wildman–Crippen MR) is 83.2 cm³/mol. The fourth-order valence-electron chi connectivity index (χ4n) is 2.44. The van der Waals surface area contributed by atoms with E-state index in [0.29, 0.717) is 0 Å². The highest BCUT2D eigenvalue weighted by Gasteiger charge is 2.21. The Labute approximate surface area is 126 Å². The van der Waals surface area contributed by atoms with E-state index in [1.807, 2.05) is 18.2 Å². The Kier molecular flexibility index (Phi) is 5.08. The van der Waals surface area contributed by atoms with Gasteiger partial charge < -0.3 is 14.5 Å². The van der Waals surface area contributed by atoms with E-state index in [2.05, 4.69) is 29.6 Å². The second kappa shape index (κ2) is 7.43. The number of hydrogen-bond donors (Lipinski definition) is 1. The van der Waals surface area contributed by atoms with Crippen molar-refractivity contribution in [1.82, 2.24) is 5.32 Å². The number of nitrogens with one attached hydrogen (secondary N) is 1. The number of hydrogen-bond acceptors (Lipinski definition) is 3. The topological polar surface area (TPSA) is 34.4 Å². The Morgan fingerprint density at radius 2 is 2.00 bits per heavy atom. The maximum Gasteiger partial charge on any atom is 0.125 e. The molecule has 0 aliphatic heterocycles. The average Bonchev–Trinajstić information content (AvgIpc) is 3.20. The van der Waals surface area contributed by atoms with Crippen LogP contribution in [0.15, 0.2) is 53.1 Å². The molecule has 112 valence electrons. The van der Waals surface area contributed by atoms with Gasteiger partial charge >= 0.3 is 0 Å². The first-order valence-electron chi connectivity index (χ1n) is 7.83. The summed E-state index contributed by atoms with van der Waals surface area (Å²) in [5.41, 5.74) is 1.23. The van der Waals surface area contributed by atoms with Crippen molar-refractivity contribution in [2.24, 2.45) is 5.92 Å². The lowest BCUT2D eigenvalue weighted by Gasteiger charge is -2.17. The second-order valence-electron chi connectivity index (χ2n) is 5.69. The molecular formula is C18H23NO2. The summed E-state index contributed by atoms with van der Waals surface area (Å²) in [5.74, 6) is 1.80. The fourth-order valence-corrected chi connectivity index (χ4v) is 2.44. The van der Waals surface area contributed by atoms with Crippen molar-refractivity contribution in [2.75, 3.05) is 19.8 Å². The highest BCUT2D eigenvalue weighted by Crippen LogP contribution is 2.28. The summed E-state index contributed by atoms with van der Waals surface area (Å²) < 4.78 is 11.2. The molecule has 1 atom stereocenters. The van der Waals surface area contributed by atoms with Gasteiger partial charge in [0.25, 0.3) is 0 Å². The molecule has 2 aromatic rings. The lowest BCUT2D eigenvalue weighted by molar-refractivity contribution is 0.121. The quantitative estimate of drug-likeness (QED) is 0.712. The van der Waals surface area contributed by atoms with Gasteiger partial charge in [-0.15, -0.1) is 0 Å². The van der Waals surface area contributed by atoms with Gasteiger partial charge in [-0.2, -0.15) is 0 Å². The molecule has 0 radical (unpaired) electrons. The summed E-state index contributed by atoms with van der Waals surface area (Å²) >= 11 is 0. The Bertz CT molecular complexity index is 505. The Hall–Kier alpha value is -1.58. The summed E-state index contributed by atoms with van der Waals surface area (Å²) in [7, 11) is 0. The van der Waals surface area contributed by atoms with E-state index >= 15 is 0 Å². The molecule has 0 saturated heterocycles. The molecule has 21 heavy (non-hydrogen) atoms. The van der Waals surface area contributed by atoms with Gasteiger partial charge in [-0.1, -0.05) is 30.3 Å². The molecule has 1 fully saturated rings. The molecule has 1 aliphatic rings. The minimum Gasteiger partial charge on any atom is -0.467 e. The first kappa shape index (κ1) is 14.4. The van der Waals surface area contributed by atoms with Crippen molar-refractivity contribution in [3.8, 4) is 0 Å². The fraction of sp³-hybridized carbons (Fsp3) is 0.444. The molecule has 1 aromatic carbocycles. The third-order valence-electron chi connectivity index (χ3n) is 3.82. The van der Waals surface area contributed by atoms with Gasteiger partial charge in [0, 0.05) is 13.2 Å². The van der Waals surface area contributed by atoms with E-state index in [1.54, 1.807) is 6.26 Å². The summed E-state index contributed by atoms with van der Waals surface area (Å²) in [4.78, 5) is 0. The first-order valence-corrected chi connectivity index (χ1v) is 7.83. The molecule has 0 spiro atoms. The van der Waals surface area contributed by atoms with E-state index < -0.39 is 0 Å². The van der Waals surface area contributed by atoms with E-state index in [9.17, 15) is 0 Å². The third-order valence-corrected chi connectivity index (χ3v) is 3.82. The Balaban J connectivity index is 1.48. The zero-order valence-corrected chi connectivity index (χ0v) is 12.3. The molecule has 3 nitrogen and oxygen atoms in total. The normalized spacial score (nSPS) is 16.0. The van der Waals surface area contributed by atoms with Crippen molar-refractivity contribution < 1.29 is 9.15 Å². The van der Waals surface area contributed by atoms with Gasteiger partial charge in [0.05, 0.1) is 12.3 Å². The zero-order valence-electron chi connectivity index (χ0n) is 12.3. The monoisotopic (exact) mass is 285 g/mol. The molecule has 1 aliphatic carbocycles. The zero-order chi connectivity index (χ0) is 14.3. The van der Waals surface area contributed by atoms with Crippen LogP contribution in [-0.4, -0.2) is 19.8 Å². The van der Waals surface area contributed by atoms with E-state index in [4.69, 9.17) is 9.15 Å². The van der Waals surface area contributed by atoms with Crippen molar-refractivity contribution in [2.45, 2.75) is 25.3 Å². The van der Waals surface area contributed by atoms with Crippen LogP contribution in [0.25, 0.3) is 0 Å². The van der Waals surface area contributed by atoms with Crippen LogP contribution >= 0.6 is 0 Å². The largest absolute Gasteiger partial charge is 0.467 e. The van der Waals surface area contributed by atoms with Gasteiger partial charge in [-0.05, 0) is 49.4 Å². The third kappa shape index (κ3) is 4.45. The van der Waals surface area contributed by atoms with Gasteiger partial charge in [-0.3, -0.25) is 0 Å². The van der Waals surface area contributed by atoms with E-state index in [1.165, 1.54) is 18.4 Å². The second-order valence-corrected chi connectivity index (χ2v) is 5.69. The van der Waals surface area contributed by atoms with Crippen molar-refractivity contribution >= 4 is 0 Å². The van der Waals surface area contributed by atoms with Gasteiger partial charge in [-0.25, -0.2) is 0 Å². The molecule has 1 heterocycles. The molecular weight excluding hydrogens is 262 g/mol. The molecule has 3 rings (SSSR count). The summed E-state index contributed by atoms with van der Waals surface area (Å²) in [6.45, 7) is 2.70. The SMILES string of the molecule is c1ccc(C(NCCCOCC2CC2)c2ccco2)cc1. The van der Waals surface area contributed by atoms with Crippen molar-refractivity contribution in [3.05, 3.63) is 60.1 Å². The maximum atomic E-state index is 5.67. The van der Waals surface area contributed by atoms with Crippen LogP contribution < -0.4 is 5.32 Å². The smallest absolute Gasteiger partial charge is 0.125 e. The predicted octanol–water partition coefficient (Wildman–Crippen LogP) is 3.78. The van der Waals surface area contributed by atoms with Gasteiger partial charge in [0.2, 0.25) is 0 Å². The standard InChI is InChI=1S/C18H23NO2/c1-2-6-16(7-3-1)18(17-8-4-13-21-17)19-11-5-12-20-14-15-9-10-15/h1-4,6-8,13,15,18-19H,5,9-12,14H2. The summed E-state index contributed by atoms with van der Waals surface area (Å²) in [6, 6.07) is 14.5. The van der Waals surface area contributed by atoms with Crippen LogP contribution in [0.4, 0.5) is 0 Å². The minimum atomic E-state index is 0.115. The molecule has 1 aromatic heterocycles. The lowest BCUT2D eigenvalue weighted by atomic mass is 10.0. The van der Waals surface area contributed by atoms with Crippen molar-refractivity contribution in [1.29, 1.82) is 0 Å². The van der Waals surface area contributed by atoms with Gasteiger partial charge in [0.15, 0.2) is 0 Å². The highest BCUT2D eigenvalue weighted by atomic mass is 16.5. The molecule has 1 saturated carbocycles. The number of benzene rings is 1. The van der Waals surface area contributed by atoms with Crippen molar-refractivity contribution in [3.63, 3.8) is 0 Å². The molecule has 0 amide bonds. The summed E-state index contributed by atoms with van der Waals surface area (Å²) in [6.07, 6.45) is 5.46. The van der Waals surface area contributed by atoms with Crippen LogP contribution in [0.1, 0.15) is 36.6 Å². The van der Waals surface area contributed by atoms with Crippen LogP contribution in [-0.2, 0) is 4.74 Å². The lowest BCUT2D eigenvalue weighted by Crippen LogP contribution is -2.24. The van der Waals surface area contributed by atoms with E-state index in [-0.39, 0.29) is 6.04 Å². The summed E-state index contributed by atoms with van der Waals surface area (Å²) in [5, 5.41) is 3.57. The minimum absolute atomic E-state index is 0.115. The molecule has 0 bridgehead atoms. The first-order chi connectivity index (χ1) is 10.4. The van der Waals surface area contributed by atoms with Crippen LogP contribution in [0, 0.1) is 5.92 Å². The van der Waals surface area contributed by atoms with E-state index in [0.717, 1.165) is 37.9 Å². The number of rotatable bonds is 9. The molecule has 3 heteroatoms.